The Balaban J connectivity index is 2.00. The normalized spacial score (nSPS) is 17.9. The molecule has 0 aromatic heterocycles. The predicted molar refractivity (Wildman–Crippen MR) is 87.9 cm³/mol. The molecule has 23 heavy (non-hydrogen) atoms. The van der Waals surface area contributed by atoms with Gasteiger partial charge in [0, 0.05) is 24.6 Å². The number of Topliss-reactive ketones (excluding diaryl/α,β-unsaturated/α-hetero) is 1. The number of ketones is 1. The molecule has 5 nitrogen and oxygen atoms in total. The summed E-state index contributed by atoms with van der Waals surface area (Å²) in [4.78, 5) is 26.4. The molecule has 0 radical (unpaired) electrons. The van der Waals surface area contributed by atoms with Crippen molar-refractivity contribution in [3.63, 3.8) is 0 Å². The maximum absolute atomic E-state index is 12.4. The van der Waals surface area contributed by atoms with Crippen LogP contribution in [0.25, 0.3) is 0 Å². The molecule has 0 aliphatic carbocycles. The molecule has 2 rings (SSSR count). The van der Waals surface area contributed by atoms with Crippen molar-refractivity contribution in [1.29, 1.82) is 0 Å². The van der Waals surface area contributed by atoms with Crippen molar-refractivity contribution in [3.05, 3.63) is 29.8 Å². The molecular formula is C18H25NO4. The third-order valence-corrected chi connectivity index (χ3v) is 3.84. The molecule has 1 aromatic carbocycles. The largest absolute Gasteiger partial charge is 0.497 e. The second-order valence-corrected chi connectivity index (χ2v) is 6.83. The Kier molecular flexibility index (Phi) is 5.29. The number of likely N-dealkylation sites (tertiary alicyclic amines) is 1. The Morgan fingerprint density at radius 1 is 1.22 bits per heavy atom. The van der Waals surface area contributed by atoms with Crippen LogP contribution in [0.5, 0.6) is 5.75 Å². The number of methoxy groups -OCH3 is 1. The van der Waals surface area contributed by atoms with Gasteiger partial charge in [-0.2, -0.15) is 0 Å². The maximum Gasteiger partial charge on any atom is 0.410 e. The fraction of sp³-hybridized carbons (Fsp3) is 0.556. The molecule has 0 N–H and O–H groups in total. The minimum absolute atomic E-state index is 0.0353. The number of hydrogen-bond donors (Lipinski definition) is 0. The molecule has 0 saturated carbocycles. The Morgan fingerprint density at radius 3 is 2.43 bits per heavy atom. The van der Waals surface area contributed by atoms with Crippen molar-refractivity contribution in [2.45, 2.75) is 51.7 Å². The first-order valence-electron chi connectivity index (χ1n) is 7.97. The molecule has 1 saturated heterocycles. The number of ether oxygens (including phenoxy) is 2. The van der Waals surface area contributed by atoms with Gasteiger partial charge in [-0.25, -0.2) is 4.79 Å². The zero-order valence-corrected chi connectivity index (χ0v) is 14.3. The van der Waals surface area contributed by atoms with Crippen LogP contribution in [0.1, 0.15) is 50.4 Å². The summed E-state index contributed by atoms with van der Waals surface area (Å²) in [6.45, 7) is 6.19. The molecule has 1 fully saturated rings. The van der Waals surface area contributed by atoms with Crippen molar-refractivity contribution >= 4 is 11.9 Å². The number of rotatable bonds is 4. The number of benzene rings is 1. The number of nitrogens with zero attached hydrogens (tertiary/aromatic N) is 1. The Bertz CT molecular complexity index is 559. The molecule has 1 aliphatic rings. The van der Waals surface area contributed by atoms with E-state index in [-0.39, 0.29) is 17.9 Å². The maximum atomic E-state index is 12.4. The summed E-state index contributed by atoms with van der Waals surface area (Å²) in [5, 5.41) is 0. The molecule has 0 spiro atoms. The summed E-state index contributed by atoms with van der Waals surface area (Å²) in [5.41, 5.74) is 0.117. The first kappa shape index (κ1) is 17.3. The van der Waals surface area contributed by atoms with Crippen LogP contribution in [0.4, 0.5) is 4.79 Å². The minimum atomic E-state index is -0.524. The number of carbonyl (C=O) groups is 2. The highest BCUT2D eigenvalue weighted by atomic mass is 16.6. The first-order chi connectivity index (χ1) is 10.8. The lowest BCUT2D eigenvalue weighted by atomic mass is 10.0. The summed E-state index contributed by atoms with van der Waals surface area (Å²) >= 11 is 0. The van der Waals surface area contributed by atoms with Crippen LogP contribution >= 0.6 is 0 Å². The standard InChI is InChI=1S/C18H25NO4/c1-18(2,3)23-17(21)19-11-5-6-14(19)12-16(20)13-7-9-15(22-4)10-8-13/h7-10,14H,5-6,11-12H2,1-4H3/t14-/m0/s1. The Labute approximate surface area is 137 Å². The minimum Gasteiger partial charge on any atom is -0.497 e. The molecule has 1 heterocycles. The van der Waals surface area contributed by atoms with E-state index in [4.69, 9.17) is 9.47 Å². The fourth-order valence-electron chi connectivity index (χ4n) is 2.72. The summed E-state index contributed by atoms with van der Waals surface area (Å²) in [6, 6.07) is 6.97. The fourth-order valence-corrected chi connectivity index (χ4v) is 2.72. The van der Waals surface area contributed by atoms with Gasteiger partial charge < -0.3 is 14.4 Å². The van der Waals surface area contributed by atoms with Gasteiger partial charge in [0.2, 0.25) is 0 Å². The van der Waals surface area contributed by atoms with Gasteiger partial charge in [-0.05, 0) is 57.9 Å². The van der Waals surface area contributed by atoms with Gasteiger partial charge in [0.05, 0.1) is 7.11 Å². The molecule has 5 heteroatoms. The van der Waals surface area contributed by atoms with Gasteiger partial charge in [0.15, 0.2) is 5.78 Å². The smallest absolute Gasteiger partial charge is 0.410 e. The van der Waals surface area contributed by atoms with Gasteiger partial charge in [0.1, 0.15) is 11.4 Å². The van der Waals surface area contributed by atoms with Gasteiger partial charge in [-0.15, -0.1) is 0 Å². The van der Waals surface area contributed by atoms with E-state index in [1.165, 1.54) is 0 Å². The zero-order chi connectivity index (χ0) is 17.0. The van der Waals surface area contributed by atoms with Crippen LogP contribution in [0.3, 0.4) is 0 Å². The summed E-state index contributed by atoms with van der Waals surface area (Å²) in [5.74, 6) is 0.755. The quantitative estimate of drug-likeness (QED) is 0.795. The molecule has 0 bridgehead atoms. The summed E-state index contributed by atoms with van der Waals surface area (Å²) in [7, 11) is 1.59. The van der Waals surface area contributed by atoms with E-state index in [1.807, 2.05) is 20.8 Å². The topological polar surface area (TPSA) is 55.8 Å². The number of carbonyl (C=O) groups excluding carboxylic acids is 2. The molecular weight excluding hydrogens is 294 g/mol. The highest BCUT2D eigenvalue weighted by Crippen LogP contribution is 2.24. The summed E-state index contributed by atoms with van der Waals surface area (Å²) in [6.07, 6.45) is 1.73. The van der Waals surface area contributed by atoms with Crippen LogP contribution in [0.15, 0.2) is 24.3 Å². The molecule has 1 amide bonds. The monoisotopic (exact) mass is 319 g/mol. The Hall–Kier alpha value is -2.04. The van der Waals surface area contributed by atoms with Gasteiger partial charge in [-0.3, -0.25) is 4.79 Å². The predicted octanol–water partition coefficient (Wildman–Crippen LogP) is 3.67. The van der Waals surface area contributed by atoms with Crippen LogP contribution in [-0.2, 0) is 4.74 Å². The van der Waals surface area contributed by atoms with Crippen molar-refractivity contribution in [1.82, 2.24) is 4.90 Å². The van der Waals surface area contributed by atoms with Crippen molar-refractivity contribution in [2.75, 3.05) is 13.7 Å². The lowest BCUT2D eigenvalue weighted by Gasteiger charge is -2.28. The van der Waals surface area contributed by atoms with Crippen molar-refractivity contribution in [3.8, 4) is 5.75 Å². The van der Waals surface area contributed by atoms with Gasteiger partial charge in [0.25, 0.3) is 0 Å². The van der Waals surface area contributed by atoms with E-state index in [2.05, 4.69) is 0 Å². The third-order valence-electron chi connectivity index (χ3n) is 3.84. The lowest BCUT2D eigenvalue weighted by molar-refractivity contribution is 0.0223. The van der Waals surface area contributed by atoms with Crippen LogP contribution < -0.4 is 4.74 Å². The molecule has 0 unspecified atom stereocenters. The van der Waals surface area contributed by atoms with Gasteiger partial charge in [-0.1, -0.05) is 0 Å². The van der Waals surface area contributed by atoms with Crippen LogP contribution in [0.2, 0.25) is 0 Å². The van der Waals surface area contributed by atoms with E-state index < -0.39 is 5.60 Å². The average molecular weight is 319 g/mol. The second kappa shape index (κ2) is 7.02. The Morgan fingerprint density at radius 2 is 1.87 bits per heavy atom. The van der Waals surface area contributed by atoms with E-state index in [0.29, 0.717) is 18.5 Å². The van der Waals surface area contributed by atoms with E-state index in [9.17, 15) is 9.59 Å². The molecule has 1 aliphatic heterocycles. The molecule has 126 valence electrons. The molecule has 1 atom stereocenters. The lowest BCUT2D eigenvalue weighted by Crippen LogP contribution is -2.40. The third kappa shape index (κ3) is 4.71. The second-order valence-electron chi connectivity index (χ2n) is 6.83. The van der Waals surface area contributed by atoms with Gasteiger partial charge >= 0.3 is 6.09 Å². The number of hydrogen-bond acceptors (Lipinski definition) is 4. The van der Waals surface area contributed by atoms with E-state index >= 15 is 0 Å². The SMILES string of the molecule is COc1ccc(C(=O)C[C@@H]2CCCN2C(=O)OC(C)(C)C)cc1. The zero-order valence-electron chi connectivity index (χ0n) is 14.3. The van der Waals surface area contributed by atoms with Crippen molar-refractivity contribution in [2.24, 2.45) is 0 Å². The highest BCUT2D eigenvalue weighted by molar-refractivity contribution is 5.96. The van der Waals surface area contributed by atoms with E-state index in [0.717, 1.165) is 18.6 Å². The van der Waals surface area contributed by atoms with Crippen molar-refractivity contribution < 1.29 is 19.1 Å². The van der Waals surface area contributed by atoms with E-state index in [1.54, 1.807) is 36.3 Å². The highest BCUT2D eigenvalue weighted by Gasteiger charge is 2.33. The number of amides is 1. The van der Waals surface area contributed by atoms with Crippen LogP contribution in [-0.4, -0.2) is 42.1 Å². The molecule has 1 aromatic rings. The van der Waals surface area contributed by atoms with Crippen LogP contribution in [0, 0.1) is 0 Å². The average Bonchev–Trinajstić information content (AvgIpc) is 2.94. The summed E-state index contributed by atoms with van der Waals surface area (Å²) < 4.78 is 10.5. The first-order valence-corrected chi connectivity index (χ1v) is 7.97.